The first-order valence-electron chi connectivity index (χ1n) is 7.29. The lowest BCUT2D eigenvalue weighted by atomic mass is 10.1. The Morgan fingerprint density at radius 3 is 2.92 bits per heavy atom. The second-order valence-electron chi connectivity index (χ2n) is 5.21. The molecule has 0 fully saturated rings. The van der Waals surface area contributed by atoms with E-state index in [4.69, 9.17) is 4.74 Å². The van der Waals surface area contributed by atoms with Crippen LogP contribution < -0.4 is 10.1 Å². The number of thiazole rings is 1. The van der Waals surface area contributed by atoms with Crippen LogP contribution >= 0.6 is 11.3 Å². The molecule has 0 bridgehead atoms. The van der Waals surface area contributed by atoms with Crippen LogP contribution in [0.4, 0.5) is 10.1 Å². The number of hydrogen-bond acceptors (Lipinski definition) is 4. The van der Waals surface area contributed by atoms with Crippen LogP contribution in [0.5, 0.6) is 5.75 Å². The van der Waals surface area contributed by atoms with E-state index >= 15 is 0 Å². The van der Waals surface area contributed by atoms with Gasteiger partial charge >= 0.3 is 0 Å². The van der Waals surface area contributed by atoms with E-state index in [0.717, 1.165) is 5.69 Å². The number of amides is 1. The zero-order valence-electron chi connectivity index (χ0n) is 13.0. The molecule has 0 aliphatic rings. The summed E-state index contributed by atoms with van der Waals surface area (Å²) in [5.41, 5.74) is 3.96. The molecule has 1 heterocycles. The fourth-order valence-corrected chi connectivity index (χ4v) is 2.61. The topological polar surface area (TPSA) is 51.2 Å². The summed E-state index contributed by atoms with van der Waals surface area (Å²) in [4.78, 5) is 16.4. The van der Waals surface area contributed by atoms with Crippen molar-refractivity contribution in [1.29, 1.82) is 0 Å². The summed E-state index contributed by atoms with van der Waals surface area (Å²) < 4.78 is 19.2. The van der Waals surface area contributed by atoms with Crippen LogP contribution in [0.15, 0.2) is 53.4 Å². The molecule has 0 spiro atoms. The van der Waals surface area contributed by atoms with E-state index in [2.05, 4.69) is 10.3 Å². The molecule has 0 aliphatic heterocycles. The second-order valence-corrected chi connectivity index (χ2v) is 5.93. The summed E-state index contributed by atoms with van der Waals surface area (Å²) >= 11 is 1.50. The maximum Gasteiger partial charge on any atom is 0.255 e. The van der Waals surface area contributed by atoms with Gasteiger partial charge in [-0.1, -0.05) is 12.1 Å². The van der Waals surface area contributed by atoms with Gasteiger partial charge in [-0.25, -0.2) is 9.37 Å². The van der Waals surface area contributed by atoms with E-state index in [1.54, 1.807) is 48.8 Å². The second kappa shape index (κ2) is 7.23. The number of halogens is 1. The number of ether oxygens (including phenoxy) is 1. The number of benzene rings is 2. The molecule has 24 heavy (non-hydrogen) atoms. The summed E-state index contributed by atoms with van der Waals surface area (Å²) in [5.74, 6) is -0.101. The molecule has 122 valence electrons. The van der Waals surface area contributed by atoms with Gasteiger partial charge < -0.3 is 10.1 Å². The highest BCUT2D eigenvalue weighted by Crippen LogP contribution is 2.18. The minimum absolute atomic E-state index is 0.322. The predicted octanol–water partition coefficient (Wildman–Crippen LogP) is 4.42. The molecule has 1 N–H and O–H groups in total. The third-order valence-electron chi connectivity index (χ3n) is 3.40. The van der Waals surface area contributed by atoms with Crippen molar-refractivity contribution in [3.05, 3.63) is 76.0 Å². The lowest BCUT2D eigenvalue weighted by Crippen LogP contribution is -2.12. The zero-order chi connectivity index (χ0) is 16.9. The first-order chi connectivity index (χ1) is 11.6. The molecule has 0 unspecified atom stereocenters. The third-order valence-corrected chi connectivity index (χ3v) is 4.03. The van der Waals surface area contributed by atoms with Crippen molar-refractivity contribution in [2.75, 3.05) is 5.32 Å². The number of rotatable bonds is 5. The molecule has 1 aromatic heterocycles. The number of hydrogen-bond donors (Lipinski definition) is 1. The molecule has 3 aromatic rings. The Morgan fingerprint density at radius 2 is 2.17 bits per heavy atom. The van der Waals surface area contributed by atoms with E-state index in [1.807, 2.05) is 5.38 Å². The Kier molecular flexibility index (Phi) is 4.86. The van der Waals surface area contributed by atoms with Gasteiger partial charge in [0.25, 0.3) is 5.91 Å². The minimum atomic E-state index is -0.354. The molecule has 4 nitrogen and oxygen atoms in total. The number of aryl methyl sites for hydroxylation is 1. The van der Waals surface area contributed by atoms with Crippen LogP contribution in [-0.4, -0.2) is 10.9 Å². The average molecular weight is 342 g/mol. The number of anilines is 1. The van der Waals surface area contributed by atoms with Crippen molar-refractivity contribution in [3.63, 3.8) is 0 Å². The van der Waals surface area contributed by atoms with Crippen LogP contribution in [0.2, 0.25) is 0 Å². The predicted molar refractivity (Wildman–Crippen MR) is 92.0 cm³/mol. The molecule has 3 rings (SSSR count). The number of nitrogens with zero attached hydrogens (tertiary/aromatic N) is 1. The Bertz CT molecular complexity index is 850. The van der Waals surface area contributed by atoms with Gasteiger partial charge in [0.2, 0.25) is 0 Å². The fraction of sp³-hybridized carbons (Fsp3) is 0.111. The van der Waals surface area contributed by atoms with Crippen LogP contribution in [0.3, 0.4) is 0 Å². The van der Waals surface area contributed by atoms with Crippen molar-refractivity contribution in [1.82, 2.24) is 4.98 Å². The lowest BCUT2D eigenvalue weighted by Gasteiger charge is -2.09. The van der Waals surface area contributed by atoms with E-state index < -0.39 is 0 Å². The average Bonchev–Trinajstić information content (AvgIpc) is 3.10. The standard InChI is InChI=1S/C18H15FN2O2S/c1-12-5-6-14(8-17(12)19)21-18(22)13-3-2-4-16(7-13)23-9-15-10-24-11-20-15/h2-8,10-11H,9H2,1H3,(H,21,22). The van der Waals surface area contributed by atoms with Crippen molar-refractivity contribution in [2.45, 2.75) is 13.5 Å². The molecule has 1 amide bonds. The van der Waals surface area contributed by atoms with Gasteiger partial charge in [-0.05, 0) is 42.8 Å². The van der Waals surface area contributed by atoms with E-state index in [-0.39, 0.29) is 11.7 Å². The first kappa shape index (κ1) is 16.1. The zero-order valence-corrected chi connectivity index (χ0v) is 13.8. The molecule has 0 saturated heterocycles. The normalized spacial score (nSPS) is 10.4. The highest BCUT2D eigenvalue weighted by molar-refractivity contribution is 7.07. The summed E-state index contributed by atoms with van der Waals surface area (Å²) in [6, 6.07) is 11.4. The summed E-state index contributed by atoms with van der Waals surface area (Å²) in [6.07, 6.45) is 0. The quantitative estimate of drug-likeness (QED) is 0.747. The number of aromatic nitrogens is 1. The molecule has 0 saturated carbocycles. The van der Waals surface area contributed by atoms with E-state index in [1.165, 1.54) is 17.4 Å². The van der Waals surface area contributed by atoms with Gasteiger partial charge in [-0.15, -0.1) is 11.3 Å². The number of carbonyl (C=O) groups is 1. The number of carbonyl (C=O) groups excluding carboxylic acids is 1. The molecular formula is C18H15FN2O2S. The smallest absolute Gasteiger partial charge is 0.255 e. The van der Waals surface area contributed by atoms with Crippen LogP contribution in [-0.2, 0) is 6.61 Å². The van der Waals surface area contributed by atoms with Gasteiger partial charge in [0.15, 0.2) is 0 Å². The molecular weight excluding hydrogens is 327 g/mol. The first-order valence-corrected chi connectivity index (χ1v) is 8.23. The largest absolute Gasteiger partial charge is 0.487 e. The fourth-order valence-electron chi connectivity index (χ4n) is 2.07. The molecule has 2 aromatic carbocycles. The maximum absolute atomic E-state index is 13.6. The Balaban J connectivity index is 1.68. The third kappa shape index (κ3) is 3.97. The van der Waals surface area contributed by atoms with Crippen LogP contribution in [0, 0.1) is 12.7 Å². The summed E-state index contributed by atoms with van der Waals surface area (Å²) in [5, 5.41) is 4.58. The maximum atomic E-state index is 13.6. The van der Waals surface area contributed by atoms with Crippen molar-refractivity contribution in [2.24, 2.45) is 0 Å². The van der Waals surface area contributed by atoms with Crippen molar-refractivity contribution >= 4 is 22.9 Å². The van der Waals surface area contributed by atoms with Crippen molar-refractivity contribution < 1.29 is 13.9 Å². The monoisotopic (exact) mass is 342 g/mol. The lowest BCUT2D eigenvalue weighted by molar-refractivity contribution is 0.102. The van der Waals surface area contributed by atoms with Crippen LogP contribution in [0.1, 0.15) is 21.6 Å². The van der Waals surface area contributed by atoms with E-state index in [0.29, 0.717) is 29.2 Å². The number of nitrogens with one attached hydrogen (secondary N) is 1. The highest BCUT2D eigenvalue weighted by Gasteiger charge is 2.09. The van der Waals surface area contributed by atoms with Gasteiger partial charge in [0.1, 0.15) is 18.2 Å². The van der Waals surface area contributed by atoms with Gasteiger partial charge in [-0.2, -0.15) is 0 Å². The summed E-state index contributed by atoms with van der Waals surface area (Å²) in [7, 11) is 0. The van der Waals surface area contributed by atoms with Gasteiger partial charge in [-0.3, -0.25) is 4.79 Å². The molecule has 6 heteroatoms. The Hall–Kier alpha value is -2.73. The highest BCUT2D eigenvalue weighted by atomic mass is 32.1. The minimum Gasteiger partial charge on any atom is -0.487 e. The van der Waals surface area contributed by atoms with Crippen LogP contribution in [0.25, 0.3) is 0 Å². The van der Waals surface area contributed by atoms with Gasteiger partial charge in [0, 0.05) is 16.6 Å². The van der Waals surface area contributed by atoms with Crippen molar-refractivity contribution in [3.8, 4) is 5.75 Å². The SMILES string of the molecule is Cc1ccc(NC(=O)c2cccc(OCc3cscn3)c2)cc1F. The summed E-state index contributed by atoms with van der Waals surface area (Å²) in [6.45, 7) is 2.02. The Morgan fingerprint density at radius 1 is 1.29 bits per heavy atom. The molecule has 0 aliphatic carbocycles. The van der Waals surface area contributed by atoms with E-state index in [9.17, 15) is 9.18 Å². The molecule has 0 radical (unpaired) electrons. The van der Waals surface area contributed by atoms with Gasteiger partial charge in [0.05, 0.1) is 11.2 Å². The Labute approximate surface area is 142 Å². The molecule has 0 atom stereocenters.